The first-order valence-electron chi connectivity index (χ1n) is 42.2. The SMILES string of the molecule is CCCCCCCCCCCCCCCCCCCCCC(=O)OC[C@H](COP(=O)(O)OC[C@@H](O)COP(=O)(O)OC[C@@H](COC(=O)CCCCCCCCC(C)CC)OC(=O)CCCCCCCCCCCCCC)OC(=O)CCCCCCCCCCCCCCCCCCCCC. The van der Waals surface area contributed by atoms with Crippen LogP contribution in [-0.4, -0.2) is 96.7 Å². The molecule has 19 heteroatoms. The Bertz CT molecular complexity index is 1910. The molecular formula is C81H158O17P2. The molecule has 100 heavy (non-hydrogen) atoms. The highest BCUT2D eigenvalue weighted by molar-refractivity contribution is 7.47. The fourth-order valence-corrected chi connectivity index (χ4v) is 14.1. The Kier molecular flexibility index (Phi) is 72.5. The van der Waals surface area contributed by atoms with Crippen LogP contribution in [0.25, 0.3) is 0 Å². The lowest BCUT2D eigenvalue weighted by molar-refractivity contribution is -0.161. The van der Waals surface area contributed by atoms with Gasteiger partial charge in [-0.15, -0.1) is 0 Å². The molecule has 3 unspecified atom stereocenters. The highest BCUT2D eigenvalue weighted by atomic mass is 31.2. The van der Waals surface area contributed by atoms with Crippen LogP contribution in [0.2, 0.25) is 0 Å². The van der Waals surface area contributed by atoms with Gasteiger partial charge in [0.15, 0.2) is 12.2 Å². The molecule has 6 atom stereocenters. The minimum Gasteiger partial charge on any atom is -0.462 e. The maximum atomic E-state index is 13.1. The van der Waals surface area contributed by atoms with E-state index in [2.05, 4.69) is 34.6 Å². The number of hydrogen-bond acceptors (Lipinski definition) is 15. The predicted octanol–water partition coefficient (Wildman–Crippen LogP) is 24.4. The molecule has 0 saturated heterocycles. The second-order valence-corrected chi connectivity index (χ2v) is 32.3. The van der Waals surface area contributed by atoms with Gasteiger partial charge in [-0.05, 0) is 31.6 Å². The number of unbranched alkanes of at least 4 members (excludes halogenated alkanes) is 52. The molecule has 0 bridgehead atoms. The molecule has 0 heterocycles. The van der Waals surface area contributed by atoms with Crippen molar-refractivity contribution in [1.29, 1.82) is 0 Å². The van der Waals surface area contributed by atoms with E-state index in [4.69, 9.17) is 37.0 Å². The number of hydrogen-bond donors (Lipinski definition) is 3. The Balaban J connectivity index is 5.22. The second-order valence-electron chi connectivity index (χ2n) is 29.4. The average molecular weight is 1470 g/mol. The van der Waals surface area contributed by atoms with Crippen LogP contribution in [0.15, 0.2) is 0 Å². The Labute approximate surface area is 613 Å². The molecule has 0 fully saturated rings. The third kappa shape index (κ3) is 73.0. The first kappa shape index (κ1) is 98.1. The summed E-state index contributed by atoms with van der Waals surface area (Å²) in [6.07, 6.45) is 65.3. The number of aliphatic hydroxyl groups excluding tert-OH is 1. The van der Waals surface area contributed by atoms with Crippen LogP contribution >= 0.6 is 15.6 Å². The summed E-state index contributed by atoms with van der Waals surface area (Å²) in [6.45, 7) is 7.29. The lowest BCUT2D eigenvalue weighted by Crippen LogP contribution is -2.30. The van der Waals surface area contributed by atoms with Gasteiger partial charge in [0.1, 0.15) is 19.3 Å². The number of carbonyl (C=O) groups is 4. The highest BCUT2D eigenvalue weighted by Crippen LogP contribution is 2.45. The van der Waals surface area contributed by atoms with Crippen molar-refractivity contribution in [2.75, 3.05) is 39.6 Å². The van der Waals surface area contributed by atoms with Crippen molar-refractivity contribution >= 4 is 39.5 Å². The lowest BCUT2D eigenvalue weighted by atomic mass is 10.00. The Hall–Kier alpha value is -1.94. The van der Waals surface area contributed by atoms with Gasteiger partial charge in [0.2, 0.25) is 0 Å². The Morgan fingerprint density at radius 3 is 0.710 bits per heavy atom. The van der Waals surface area contributed by atoms with Gasteiger partial charge < -0.3 is 33.8 Å². The molecule has 0 aromatic heterocycles. The van der Waals surface area contributed by atoms with Gasteiger partial charge in [-0.25, -0.2) is 9.13 Å². The van der Waals surface area contributed by atoms with Gasteiger partial charge in [0.05, 0.1) is 26.4 Å². The summed E-state index contributed by atoms with van der Waals surface area (Å²) in [4.78, 5) is 73.0. The molecule has 0 spiro atoms. The summed E-state index contributed by atoms with van der Waals surface area (Å²) in [5.74, 6) is -1.38. The topological polar surface area (TPSA) is 237 Å². The van der Waals surface area contributed by atoms with Crippen LogP contribution in [-0.2, 0) is 65.4 Å². The molecule has 594 valence electrons. The quantitative estimate of drug-likeness (QED) is 0.0222. The zero-order valence-electron chi connectivity index (χ0n) is 65.3. The van der Waals surface area contributed by atoms with Gasteiger partial charge in [0, 0.05) is 25.7 Å². The second kappa shape index (κ2) is 73.9. The van der Waals surface area contributed by atoms with Gasteiger partial charge >= 0.3 is 39.5 Å². The predicted molar refractivity (Wildman–Crippen MR) is 409 cm³/mol. The van der Waals surface area contributed by atoms with Gasteiger partial charge in [-0.1, -0.05) is 381 Å². The van der Waals surface area contributed by atoms with Crippen molar-refractivity contribution in [3.8, 4) is 0 Å². The summed E-state index contributed by atoms with van der Waals surface area (Å²) in [7, 11) is -9.92. The van der Waals surface area contributed by atoms with Crippen LogP contribution in [0.5, 0.6) is 0 Å². The van der Waals surface area contributed by atoms with Crippen LogP contribution in [0, 0.1) is 5.92 Å². The fourth-order valence-electron chi connectivity index (χ4n) is 12.6. The number of esters is 4. The monoisotopic (exact) mass is 1470 g/mol. The third-order valence-electron chi connectivity index (χ3n) is 19.4. The number of rotatable bonds is 81. The van der Waals surface area contributed by atoms with E-state index < -0.39 is 97.5 Å². The molecule has 0 aromatic rings. The maximum absolute atomic E-state index is 13.1. The fraction of sp³-hybridized carbons (Fsp3) is 0.951. The maximum Gasteiger partial charge on any atom is 0.472 e. The van der Waals surface area contributed by atoms with E-state index in [1.54, 1.807) is 0 Å². The van der Waals surface area contributed by atoms with E-state index in [9.17, 15) is 43.2 Å². The smallest absolute Gasteiger partial charge is 0.462 e. The number of carbonyl (C=O) groups excluding carboxylic acids is 4. The first-order valence-corrected chi connectivity index (χ1v) is 45.2. The van der Waals surface area contributed by atoms with E-state index in [1.807, 2.05) is 0 Å². The standard InChI is InChI=1S/C81H158O17P2/c1-6-10-13-16-19-22-25-28-30-32-34-36-38-40-43-45-48-54-59-64-78(83)91-70-76(97-81(86)67-62-57-50-47-44-41-39-37-35-33-31-29-26-23-20-17-14-11-7-2)72-95-99(87,88)93-68-75(82)69-94-100(89,90)96-73-77(71-92-79(84)65-60-55-52-51-53-58-63-74(5)9-4)98-80(85)66-61-56-49-46-42-27-24-21-18-15-12-8-3/h74-77,82H,6-73H2,1-5H3,(H,87,88)(H,89,90)/t74?,75-,76-,77-/m1/s1. The van der Waals surface area contributed by atoms with Crippen molar-refractivity contribution in [2.45, 2.75) is 451 Å². The molecule has 0 aliphatic carbocycles. The van der Waals surface area contributed by atoms with E-state index >= 15 is 0 Å². The van der Waals surface area contributed by atoms with Crippen molar-refractivity contribution in [3.05, 3.63) is 0 Å². The van der Waals surface area contributed by atoms with Crippen LogP contribution in [0.3, 0.4) is 0 Å². The van der Waals surface area contributed by atoms with Crippen LogP contribution < -0.4 is 0 Å². The summed E-state index contributed by atoms with van der Waals surface area (Å²) >= 11 is 0. The van der Waals surface area contributed by atoms with Crippen molar-refractivity contribution in [2.24, 2.45) is 5.92 Å². The normalized spacial score (nSPS) is 14.1. The molecule has 0 aliphatic rings. The minimum absolute atomic E-state index is 0.107. The molecule has 0 amide bonds. The van der Waals surface area contributed by atoms with Crippen molar-refractivity contribution < 1.29 is 80.2 Å². The number of phosphoric ester groups is 2. The van der Waals surface area contributed by atoms with Crippen molar-refractivity contribution in [1.82, 2.24) is 0 Å². The van der Waals surface area contributed by atoms with Crippen molar-refractivity contribution in [3.63, 3.8) is 0 Å². The molecule has 0 radical (unpaired) electrons. The van der Waals surface area contributed by atoms with Gasteiger partial charge in [-0.2, -0.15) is 0 Å². The number of phosphoric acid groups is 2. The molecule has 0 aliphatic heterocycles. The first-order chi connectivity index (χ1) is 48.6. The van der Waals surface area contributed by atoms with E-state index in [0.717, 1.165) is 102 Å². The zero-order valence-corrected chi connectivity index (χ0v) is 67.1. The molecule has 0 rings (SSSR count). The number of aliphatic hydroxyl groups is 1. The lowest BCUT2D eigenvalue weighted by Gasteiger charge is -2.21. The van der Waals surface area contributed by atoms with Crippen LogP contribution in [0.1, 0.15) is 433 Å². The largest absolute Gasteiger partial charge is 0.472 e. The summed E-state index contributed by atoms with van der Waals surface area (Å²) < 4.78 is 68.7. The zero-order chi connectivity index (χ0) is 73.4. The highest BCUT2D eigenvalue weighted by Gasteiger charge is 2.30. The Morgan fingerprint density at radius 1 is 0.280 bits per heavy atom. The summed E-state index contributed by atoms with van der Waals surface area (Å²) in [6, 6.07) is 0. The van der Waals surface area contributed by atoms with E-state index in [0.29, 0.717) is 25.7 Å². The van der Waals surface area contributed by atoms with E-state index in [-0.39, 0.29) is 25.7 Å². The van der Waals surface area contributed by atoms with Crippen LogP contribution in [0.4, 0.5) is 0 Å². The molecule has 17 nitrogen and oxygen atoms in total. The molecular weight excluding hydrogens is 1310 g/mol. The van der Waals surface area contributed by atoms with Gasteiger partial charge in [-0.3, -0.25) is 37.3 Å². The minimum atomic E-state index is -4.96. The molecule has 0 saturated carbocycles. The molecule has 3 N–H and O–H groups in total. The van der Waals surface area contributed by atoms with E-state index in [1.165, 1.54) is 250 Å². The third-order valence-corrected chi connectivity index (χ3v) is 21.3. The Morgan fingerprint density at radius 2 is 0.480 bits per heavy atom. The summed E-state index contributed by atoms with van der Waals surface area (Å²) in [5, 5.41) is 10.6. The summed E-state index contributed by atoms with van der Waals surface area (Å²) in [5.41, 5.74) is 0. The van der Waals surface area contributed by atoms with Gasteiger partial charge in [0.25, 0.3) is 0 Å². The number of ether oxygens (including phenoxy) is 4. The molecule has 0 aromatic carbocycles. The average Bonchev–Trinajstić information content (AvgIpc) is 0.954.